The summed E-state index contributed by atoms with van der Waals surface area (Å²) in [6.07, 6.45) is 5.97. The van der Waals surface area contributed by atoms with E-state index in [4.69, 9.17) is 9.47 Å². The first-order valence-corrected chi connectivity index (χ1v) is 12.4. The van der Waals surface area contributed by atoms with Gasteiger partial charge in [-0.2, -0.15) is 0 Å². The number of ether oxygens (including phenoxy) is 2. The summed E-state index contributed by atoms with van der Waals surface area (Å²) in [5.74, 6) is 4.25. The number of aliphatic hydroxyl groups excluding tert-OH is 1. The molecular weight excluding hydrogens is 504 g/mol. The van der Waals surface area contributed by atoms with Gasteiger partial charge in [-0.25, -0.2) is 8.78 Å². The van der Waals surface area contributed by atoms with Crippen LogP contribution in [0.5, 0.6) is 5.75 Å². The maximum atomic E-state index is 13.5. The lowest BCUT2D eigenvalue weighted by Gasteiger charge is -2.30. The number of pyridine rings is 1. The highest BCUT2D eigenvalue weighted by Gasteiger charge is 2.25. The summed E-state index contributed by atoms with van der Waals surface area (Å²) in [4.78, 5) is 18.5. The third-order valence-electron chi connectivity index (χ3n) is 6.21. The first kappa shape index (κ1) is 27.8. The number of rotatable bonds is 9. The van der Waals surface area contributed by atoms with Crippen molar-refractivity contribution in [1.82, 2.24) is 15.2 Å². The fraction of sp³-hybridized carbons (Fsp3) is 0.267. The number of amides is 1. The molecule has 1 aromatic heterocycles. The van der Waals surface area contributed by atoms with Gasteiger partial charge in [-0.3, -0.25) is 9.78 Å². The molecule has 0 fully saturated rings. The number of methoxy groups -OCH3 is 1. The van der Waals surface area contributed by atoms with Crippen molar-refractivity contribution in [3.63, 3.8) is 0 Å². The van der Waals surface area contributed by atoms with Crippen molar-refractivity contribution in [2.45, 2.75) is 32.2 Å². The SMILES string of the molecule is COC(C)CCOc1ccnc2ccc(C#CCNC(=O)C3=CC=CN(Cc4ccc(F)c(F)c4)C3O)cc12. The zero-order valence-electron chi connectivity index (χ0n) is 21.7. The van der Waals surface area contributed by atoms with E-state index in [0.29, 0.717) is 17.9 Å². The number of nitrogens with zero attached hydrogens (tertiary/aromatic N) is 2. The van der Waals surface area contributed by atoms with E-state index in [0.717, 1.165) is 35.0 Å². The average Bonchev–Trinajstić information content (AvgIpc) is 2.94. The van der Waals surface area contributed by atoms with E-state index < -0.39 is 23.8 Å². The maximum Gasteiger partial charge on any atom is 0.252 e. The monoisotopic (exact) mass is 533 g/mol. The molecule has 0 saturated carbocycles. The van der Waals surface area contributed by atoms with Gasteiger partial charge in [0, 0.05) is 43.4 Å². The molecule has 202 valence electrons. The van der Waals surface area contributed by atoms with Crippen molar-refractivity contribution in [3.8, 4) is 17.6 Å². The van der Waals surface area contributed by atoms with E-state index in [2.05, 4.69) is 22.1 Å². The van der Waals surface area contributed by atoms with Crippen molar-refractivity contribution in [2.75, 3.05) is 20.3 Å². The molecule has 39 heavy (non-hydrogen) atoms. The molecule has 7 nitrogen and oxygen atoms in total. The fourth-order valence-corrected chi connectivity index (χ4v) is 3.93. The van der Waals surface area contributed by atoms with Crippen molar-refractivity contribution in [2.24, 2.45) is 0 Å². The molecule has 3 aromatic rings. The number of carbonyl (C=O) groups excluding carboxylic acids is 1. The first-order chi connectivity index (χ1) is 18.9. The van der Waals surface area contributed by atoms with Crippen LogP contribution in [-0.4, -0.2) is 53.5 Å². The van der Waals surface area contributed by atoms with Gasteiger partial charge in [0.1, 0.15) is 5.75 Å². The van der Waals surface area contributed by atoms with Crippen LogP contribution in [0.25, 0.3) is 10.9 Å². The minimum Gasteiger partial charge on any atom is -0.493 e. The predicted octanol–water partition coefficient (Wildman–Crippen LogP) is 4.06. The summed E-state index contributed by atoms with van der Waals surface area (Å²) in [5, 5.41) is 14.2. The number of carbonyl (C=O) groups is 1. The van der Waals surface area contributed by atoms with Gasteiger partial charge < -0.3 is 24.8 Å². The Morgan fingerprint density at radius 3 is 2.85 bits per heavy atom. The Balaban J connectivity index is 1.35. The normalized spacial score (nSPS) is 15.4. The zero-order valence-corrected chi connectivity index (χ0v) is 21.7. The van der Waals surface area contributed by atoms with Gasteiger partial charge in [0.05, 0.1) is 30.3 Å². The Morgan fingerprint density at radius 2 is 2.05 bits per heavy atom. The molecule has 2 N–H and O–H groups in total. The van der Waals surface area contributed by atoms with Crippen molar-refractivity contribution in [1.29, 1.82) is 0 Å². The summed E-state index contributed by atoms with van der Waals surface area (Å²) >= 11 is 0. The molecule has 1 amide bonds. The number of allylic oxidation sites excluding steroid dienone is 2. The molecule has 2 atom stereocenters. The number of hydrogen-bond donors (Lipinski definition) is 2. The predicted molar refractivity (Wildman–Crippen MR) is 143 cm³/mol. The van der Waals surface area contributed by atoms with Gasteiger partial charge in [0.15, 0.2) is 17.9 Å². The summed E-state index contributed by atoms with van der Waals surface area (Å²) < 4.78 is 37.9. The largest absolute Gasteiger partial charge is 0.493 e. The highest BCUT2D eigenvalue weighted by Crippen LogP contribution is 2.25. The lowest BCUT2D eigenvalue weighted by Crippen LogP contribution is -2.40. The molecule has 4 rings (SSSR count). The van der Waals surface area contributed by atoms with E-state index in [1.807, 2.05) is 31.2 Å². The number of nitrogens with one attached hydrogen (secondary N) is 1. The van der Waals surface area contributed by atoms with Gasteiger partial charge in [0.25, 0.3) is 5.91 Å². The number of hydrogen-bond acceptors (Lipinski definition) is 6. The second-order valence-corrected chi connectivity index (χ2v) is 8.97. The van der Waals surface area contributed by atoms with Crippen molar-refractivity contribution >= 4 is 16.8 Å². The van der Waals surface area contributed by atoms with Gasteiger partial charge in [-0.05, 0) is 61.0 Å². The Kier molecular flexibility index (Phi) is 9.26. The van der Waals surface area contributed by atoms with Gasteiger partial charge in [-0.15, -0.1) is 0 Å². The Labute approximate surface area is 225 Å². The lowest BCUT2D eigenvalue weighted by molar-refractivity contribution is -0.119. The van der Waals surface area contributed by atoms with Crippen LogP contribution in [0.4, 0.5) is 8.78 Å². The summed E-state index contributed by atoms with van der Waals surface area (Å²) in [7, 11) is 1.67. The Morgan fingerprint density at radius 1 is 1.21 bits per heavy atom. The van der Waals surface area contributed by atoms with Gasteiger partial charge >= 0.3 is 0 Å². The van der Waals surface area contributed by atoms with E-state index >= 15 is 0 Å². The van der Waals surface area contributed by atoms with Crippen LogP contribution in [0.15, 0.2) is 72.6 Å². The van der Waals surface area contributed by atoms with Crippen molar-refractivity contribution in [3.05, 3.63) is 95.3 Å². The molecule has 0 spiro atoms. The maximum absolute atomic E-state index is 13.5. The van der Waals surface area contributed by atoms with E-state index in [9.17, 15) is 18.7 Å². The molecule has 2 heterocycles. The number of aliphatic hydroxyl groups is 1. The molecule has 0 aliphatic carbocycles. The lowest BCUT2D eigenvalue weighted by atomic mass is 10.1. The number of halogens is 2. The molecule has 1 aliphatic rings. The Bertz CT molecular complexity index is 1460. The number of fused-ring (bicyclic) bond motifs is 1. The van der Waals surface area contributed by atoms with Crippen LogP contribution in [-0.2, 0) is 16.1 Å². The number of aromatic nitrogens is 1. The summed E-state index contributed by atoms with van der Waals surface area (Å²) in [6.45, 7) is 2.63. The summed E-state index contributed by atoms with van der Waals surface area (Å²) in [6, 6.07) is 10.9. The molecule has 0 bridgehead atoms. The fourth-order valence-electron chi connectivity index (χ4n) is 3.93. The summed E-state index contributed by atoms with van der Waals surface area (Å²) in [5.41, 5.74) is 2.08. The second kappa shape index (κ2) is 13.0. The minimum atomic E-state index is -1.26. The minimum absolute atomic E-state index is 0.0547. The van der Waals surface area contributed by atoms with Crippen molar-refractivity contribution < 1.29 is 28.2 Å². The molecule has 0 radical (unpaired) electrons. The van der Waals surface area contributed by atoms with Crippen LogP contribution in [0.1, 0.15) is 24.5 Å². The smallest absolute Gasteiger partial charge is 0.252 e. The first-order valence-electron chi connectivity index (χ1n) is 12.4. The average molecular weight is 534 g/mol. The van der Waals surface area contributed by atoms with Crippen LogP contribution in [0.3, 0.4) is 0 Å². The zero-order chi connectivity index (χ0) is 27.8. The standard InChI is InChI=1S/C30H29F2N3O4/c1-20(38-2)12-16-39-28-11-14-33-27-10-8-21(17-24(27)28)5-3-13-34-29(36)23-6-4-15-35(30(23)37)19-22-7-9-25(31)26(32)18-22/h4,6-11,14-15,17-18,20,30,37H,12-13,16,19H2,1-2H3,(H,34,36). The van der Waals surface area contributed by atoms with Crippen LogP contribution >= 0.6 is 0 Å². The number of benzene rings is 2. The topological polar surface area (TPSA) is 83.9 Å². The van der Waals surface area contributed by atoms with Gasteiger partial charge in [-0.1, -0.05) is 17.9 Å². The second-order valence-electron chi connectivity index (χ2n) is 8.97. The molecular formula is C30H29F2N3O4. The molecule has 9 heteroatoms. The van der Waals surface area contributed by atoms with Crippen LogP contribution in [0, 0.1) is 23.5 Å². The highest BCUT2D eigenvalue weighted by atomic mass is 19.2. The Hall–Kier alpha value is -4.26. The highest BCUT2D eigenvalue weighted by molar-refractivity contribution is 5.95. The third-order valence-corrected chi connectivity index (χ3v) is 6.21. The quantitative estimate of drug-likeness (QED) is 0.404. The van der Waals surface area contributed by atoms with E-state index in [-0.39, 0.29) is 24.8 Å². The van der Waals surface area contributed by atoms with Gasteiger partial charge in [0.2, 0.25) is 0 Å². The van der Waals surface area contributed by atoms with E-state index in [1.54, 1.807) is 25.6 Å². The third kappa shape index (κ3) is 7.19. The molecule has 2 unspecified atom stereocenters. The molecule has 1 aliphatic heterocycles. The molecule has 0 saturated heterocycles. The molecule has 2 aromatic carbocycles. The van der Waals surface area contributed by atoms with Crippen LogP contribution < -0.4 is 10.1 Å². The van der Waals surface area contributed by atoms with Crippen LogP contribution in [0.2, 0.25) is 0 Å². The van der Waals surface area contributed by atoms with E-state index in [1.165, 1.54) is 17.0 Å².